The minimum atomic E-state index is -0.405. The predicted molar refractivity (Wildman–Crippen MR) is 82.3 cm³/mol. The third-order valence-corrected chi connectivity index (χ3v) is 3.28. The van der Waals surface area contributed by atoms with E-state index in [9.17, 15) is 5.11 Å². The van der Waals surface area contributed by atoms with Crippen LogP contribution >= 0.6 is 0 Å². The highest BCUT2D eigenvalue weighted by Crippen LogP contribution is 2.21. The first-order valence-electron chi connectivity index (χ1n) is 6.77. The summed E-state index contributed by atoms with van der Waals surface area (Å²) in [6.07, 6.45) is 4.09. The van der Waals surface area contributed by atoms with Gasteiger partial charge in [-0.15, -0.1) is 13.2 Å². The van der Waals surface area contributed by atoms with Crippen molar-refractivity contribution in [3.8, 4) is 0 Å². The number of hydrogen-bond donors (Lipinski definition) is 1. The van der Waals surface area contributed by atoms with Gasteiger partial charge in [-0.3, -0.25) is 4.90 Å². The van der Waals surface area contributed by atoms with Crippen LogP contribution in [0.15, 0.2) is 43.5 Å². The van der Waals surface area contributed by atoms with Gasteiger partial charge in [-0.05, 0) is 31.4 Å². The van der Waals surface area contributed by atoms with E-state index < -0.39 is 6.10 Å². The summed E-state index contributed by atoms with van der Waals surface area (Å²) >= 11 is 0. The number of nitrogens with zero attached hydrogens (tertiary/aromatic N) is 1. The molecule has 0 amide bonds. The number of aryl methyl sites for hydroxylation is 2. The van der Waals surface area contributed by atoms with Crippen LogP contribution in [0.25, 0.3) is 0 Å². The Hall–Kier alpha value is -1.38. The first-order chi connectivity index (χ1) is 9.08. The monoisotopic (exact) mass is 259 g/mol. The van der Waals surface area contributed by atoms with Gasteiger partial charge in [0.15, 0.2) is 0 Å². The molecule has 1 aromatic rings. The normalized spacial score (nSPS) is 12.4. The van der Waals surface area contributed by atoms with Crippen molar-refractivity contribution in [2.75, 3.05) is 19.6 Å². The fourth-order valence-electron chi connectivity index (χ4n) is 2.28. The first kappa shape index (κ1) is 15.7. The van der Waals surface area contributed by atoms with Gasteiger partial charge in [0.2, 0.25) is 0 Å². The molecule has 1 aromatic carbocycles. The SMILES string of the molecule is C=CCN(CC=C)CCC(O)c1ccc(C)cc1C. The van der Waals surface area contributed by atoms with Gasteiger partial charge in [-0.2, -0.15) is 0 Å². The topological polar surface area (TPSA) is 23.5 Å². The van der Waals surface area contributed by atoms with Crippen molar-refractivity contribution in [1.82, 2.24) is 4.90 Å². The average molecular weight is 259 g/mol. The zero-order chi connectivity index (χ0) is 14.3. The van der Waals surface area contributed by atoms with Crippen LogP contribution < -0.4 is 0 Å². The van der Waals surface area contributed by atoms with E-state index in [-0.39, 0.29) is 0 Å². The molecule has 0 aliphatic rings. The molecule has 1 atom stereocenters. The molecule has 0 saturated heterocycles. The summed E-state index contributed by atoms with van der Waals surface area (Å²) in [5, 5.41) is 10.3. The molecule has 0 spiro atoms. The summed E-state index contributed by atoms with van der Waals surface area (Å²) < 4.78 is 0. The van der Waals surface area contributed by atoms with Crippen LogP contribution in [0.3, 0.4) is 0 Å². The predicted octanol–water partition coefficient (Wildman–Crippen LogP) is 3.40. The largest absolute Gasteiger partial charge is 0.388 e. The van der Waals surface area contributed by atoms with Gasteiger partial charge < -0.3 is 5.11 Å². The van der Waals surface area contributed by atoms with Crippen molar-refractivity contribution < 1.29 is 5.11 Å². The molecule has 1 unspecified atom stereocenters. The molecule has 19 heavy (non-hydrogen) atoms. The van der Waals surface area contributed by atoms with E-state index >= 15 is 0 Å². The van der Waals surface area contributed by atoms with Crippen LogP contribution in [-0.4, -0.2) is 29.6 Å². The fourth-order valence-corrected chi connectivity index (χ4v) is 2.28. The van der Waals surface area contributed by atoms with Gasteiger partial charge in [-0.1, -0.05) is 35.9 Å². The van der Waals surface area contributed by atoms with E-state index in [1.807, 2.05) is 18.2 Å². The molecule has 0 bridgehead atoms. The van der Waals surface area contributed by atoms with E-state index in [1.165, 1.54) is 5.56 Å². The quantitative estimate of drug-likeness (QED) is 0.723. The van der Waals surface area contributed by atoms with Crippen molar-refractivity contribution in [2.24, 2.45) is 0 Å². The molecular formula is C17H25NO. The van der Waals surface area contributed by atoms with Crippen LogP contribution in [0.5, 0.6) is 0 Å². The highest BCUT2D eigenvalue weighted by Gasteiger charge is 2.12. The molecule has 0 aliphatic carbocycles. The lowest BCUT2D eigenvalue weighted by Gasteiger charge is -2.21. The number of aliphatic hydroxyl groups excluding tert-OH is 1. The molecule has 1 rings (SSSR count). The molecule has 0 saturated carbocycles. The number of rotatable bonds is 8. The zero-order valence-corrected chi connectivity index (χ0v) is 12.1. The molecule has 0 radical (unpaired) electrons. The lowest BCUT2D eigenvalue weighted by atomic mass is 9.99. The van der Waals surface area contributed by atoms with Crippen LogP contribution in [0.2, 0.25) is 0 Å². The Bertz CT molecular complexity index is 415. The van der Waals surface area contributed by atoms with E-state index in [0.717, 1.165) is 37.2 Å². The molecule has 2 nitrogen and oxygen atoms in total. The smallest absolute Gasteiger partial charge is 0.0804 e. The summed E-state index contributed by atoms with van der Waals surface area (Å²) in [6.45, 7) is 14.1. The Morgan fingerprint density at radius 3 is 2.37 bits per heavy atom. The average Bonchev–Trinajstić information content (AvgIpc) is 2.36. The number of aliphatic hydroxyl groups is 1. The van der Waals surface area contributed by atoms with Crippen molar-refractivity contribution in [1.29, 1.82) is 0 Å². The van der Waals surface area contributed by atoms with Gasteiger partial charge in [0.25, 0.3) is 0 Å². The molecule has 0 aliphatic heterocycles. The Morgan fingerprint density at radius 2 is 1.84 bits per heavy atom. The summed E-state index contributed by atoms with van der Waals surface area (Å²) in [5.41, 5.74) is 3.42. The highest BCUT2D eigenvalue weighted by molar-refractivity contribution is 5.31. The molecule has 104 valence electrons. The lowest BCUT2D eigenvalue weighted by molar-refractivity contribution is 0.148. The zero-order valence-electron chi connectivity index (χ0n) is 12.1. The third-order valence-electron chi connectivity index (χ3n) is 3.28. The molecule has 1 N–H and O–H groups in total. The van der Waals surface area contributed by atoms with Crippen LogP contribution in [0.4, 0.5) is 0 Å². The maximum Gasteiger partial charge on any atom is 0.0804 e. The number of benzene rings is 1. The Labute approximate surface area is 117 Å². The maximum atomic E-state index is 10.3. The standard InChI is InChI=1S/C17H25NO/c1-5-10-18(11-6-2)12-9-17(19)16-8-7-14(3)13-15(16)4/h5-8,13,17,19H,1-2,9-12H2,3-4H3. The summed E-state index contributed by atoms with van der Waals surface area (Å²) in [4.78, 5) is 2.22. The van der Waals surface area contributed by atoms with Crippen molar-refractivity contribution in [2.45, 2.75) is 26.4 Å². The third kappa shape index (κ3) is 5.01. The van der Waals surface area contributed by atoms with Crippen molar-refractivity contribution in [3.05, 3.63) is 60.2 Å². The van der Waals surface area contributed by atoms with Gasteiger partial charge in [0, 0.05) is 19.6 Å². The molecule has 0 aromatic heterocycles. The summed E-state index contributed by atoms with van der Waals surface area (Å²) in [5.74, 6) is 0. The maximum absolute atomic E-state index is 10.3. The van der Waals surface area contributed by atoms with E-state index in [0.29, 0.717) is 0 Å². The van der Waals surface area contributed by atoms with Crippen molar-refractivity contribution in [3.63, 3.8) is 0 Å². The van der Waals surface area contributed by atoms with E-state index in [4.69, 9.17) is 0 Å². The second-order valence-electron chi connectivity index (χ2n) is 5.00. The number of hydrogen-bond acceptors (Lipinski definition) is 2. The molecule has 2 heteroatoms. The second kappa shape index (κ2) is 7.93. The van der Waals surface area contributed by atoms with Crippen LogP contribution in [-0.2, 0) is 0 Å². The molecule has 0 heterocycles. The van der Waals surface area contributed by atoms with E-state index in [1.54, 1.807) is 0 Å². The van der Waals surface area contributed by atoms with Gasteiger partial charge in [0.1, 0.15) is 0 Å². The molecule has 0 fully saturated rings. The Morgan fingerprint density at radius 1 is 1.21 bits per heavy atom. The van der Waals surface area contributed by atoms with Crippen LogP contribution in [0.1, 0.15) is 29.2 Å². The summed E-state index contributed by atoms with van der Waals surface area (Å²) in [6, 6.07) is 6.20. The molecular weight excluding hydrogens is 234 g/mol. The van der Waals surface area contributed by atoms with Gasteiger partial charge >= 0.3 is 0 Å². The van der Waals surface area contributed by atoms with Gasteiger partial charge in [0.05, 0.1) is 6.10 Å². The second-order valence-corrected chi connectivity index (χ2v) is 5.00. The van der Waals surface area contributed by atoms with Crippen LogP contribution in [0, 0.1) is 13.8 Å². The first-order valence-corrected chi connectivity index (χ1v) is 6.77. The fraction of sp³-hybridized carbons (Fsp3) is 0.412. The summed E-state index contributed by atoms with van der Waals surface area (Å²) in [7, 11) is 0. The minimum Gasteiger partial charge on any atom is -0.388 e. The van der Waals surface area contributed by atoms with E-state index in [2.05, 4.69) is 44.0 Å². The van der Waals surface area contributed by atoms with Gasteiger partial charge in [-0.25, -0.2) is 0 Å². The Balaban J connectivity index is 2.60. The lowest BCUT2D eigenvalue weighted by Crippen LogP contribution is -2.26. The van der Waals surface area contributed by atoms with Crippen molar-refractivity contribution >= 4 is 0 Å². The Kier molecular flexibility index (Phi) is 6.54. The minimum absolute atomic E-state index is 0.405. The highest BCUT2D eigenvalue weighted by atomic mass is 16.3.